The van der Waals surface area contributed by atoms with Crippen LogP contribution in [0.15, 0.2) is 63.7 Å². The third-order valence-corrected chi connectivity index (χ3v) is 7.51. The first kappa shape index (κ1) is 28.5. The molecule has 0 aromatic heterocycles. The molecule has 192 valence electrons. The molecule has 0 amide bonds. The topological polar surface area (TPSA) is 109 Å². The average Bonchev–Trinajstić information content (AvgIpc) is 2.87. The minimum absolute atomic E-state index is 0.105. The number of azo groups is 1. The number of nitrogens with zero attached hydrogens (tertiary/aromatic N) is 3. The van der Waals surface area contributed by atoms with Crippen molar-refractivity contribution in [2.45, 2.75) is 56.3 Å². The molecule has 0 heterocycles. The predicted octanol–water partition coefficient (Wildman–Crippen LogP) is 5.60. The minimum Gasteiger partial charge on any atom is -0.469 e. The van der Waals surface area contributed by atoms with E-state index < -0.39 is 9.84 Å². The number of carbonyl (C=O) groups is 1. The SMILES string of the molecule is COC(=O)CCCCCN(C)c1ccc(N=Nc2ccc(S(=O)(=O)CCCCCCO)cc2)cc1. The van der Waals surface area contributed by atoms with E-state index in [0.29, 0.717) is 30.6 Å². The average molecular weight is 504 g/mol. The fraction of sp³-hybridized carbons (Fsp3) is 0.500. The molecule has 2 aromatic rings. The van der Waals surface area contributed by atoms with E-state index in [1.54, 1.807) is 24.3 Å². The van der Waals surface area contributed by atoms with Crippen LogP contribution in [0.3, 0.4) is 0 Å². The molecule has 0 unspecified atom stereocenters. The zero-order valence-corrected chi connectivity index (χ0v) is 21.5. The third kappa shape index (κ3) is 10.6. The highest BCUT2D eigenvalue weighted by molar-refractivity contribution is 7.91. The van der Waals surface area contributed by atoms with Crippen molar-refractivity contribution < 1.29 is 23.1 Å². The molecule has 0 radical (unpaired) electrons. The van der Waals surface area contributed by atoms with Crippen LogP contribution in [0.2, 0.25) is 0 Å². The molecule has 1 N–H and O–H groups in total. The van der Waals surface area contributed by atoms with Crippen molar-refractivity contribution in [3.8, 4) is 0 Å². The Balaban J connectivity index is 1.82. The van der Waals surface area contributed by atoms with Gasteiger partial charge in [-0.05, 0) is 74.2 Å². The van der Waals surface area contributed by atoms with Gasteiger partial charge in [0.2, 0.25) is 0 Å². The lowest BCUT2D eigenvalue weighted by Gasteiger charge is -2.19. The number of unbranched alkanes of at least 4 members (excludes halogenated alkanes) is 5. The van der Waals surface area contributed by atoms with E-state index in [4.69, 9.17) is 5.11 Å². The van der Waals surface area contributed by atoms with Crippen LogP contribution in [0.25, 0.3) is 0 Å². The maximum atomic E-state index is 12.5. The summed E-state index contributed by atoms with van der Waals surface area (Å²) < 4.78 is 29.6. The zero-order chi connectivity index (χ0) is 25.5. The van der Waals surface area contributed by atoms with E-state index >= 15 is 0 Å². The molecule has 0 saturated carbocycles. The van der Waals surface area contributed by atoms with Crippen LogP contribution in [0.4, 0.5) is 17.1 Å². The maximum absolute atomic E-state index is 12.5. The lowest BCUT2D eigenvalue weighted by Crippen LogP contribution is -2.18. The van der Waals surface area contributed by atoms with Crippen LogP contribution < -0.4 is 4.90 Å². The number of aliphatic hydroxyl groups excluding tert-OH is 1. The molecule has 8 nitrogen and oxygen atoms in total. The molecular weight excluding hydrogens is 466 g/mol. The first-order valence-electron chi connectivity index (χ1n) is 12.1. The van der Waals surface area contributed by atoms with Crippen molar-refractivity contribution in [2.24, 2.45) is 10.2 Å². The van der Waals surface area contributed by atoms with Crippen LogP contribution >= 0.6 is 0 Å². The second-order valence-corrected chi connectivity index (χ2v) is 10.6. The van der Waals surface area contributed by atoms with E-state index in [0.717, 1.165) is 44.3 Å². The van der Waals surface area contributed by atoms with Crippen molar-refractivity contribution >= 4 is 32.9 Å². The van der Waals surface area contributed by atoms with Crippen molar-refractivity contribution in [1.82, 2.24) is 0 Å². The number of hydrogen-bond acceptors (Lipinski definition) is 8. The van der Waals surface area contributed by atoms with Crippen LogP contribution in [-0.2, 0) is 19.4 Å². The lowest BCUT2D eigenvalue weighted by molar-refractivity contribution is -0.140. The van der Waals surface area contributed by atoms with Crippen molar-refractivity contribution in [3.63, 3.8) is 0 Å². The molecule has 35 heavy (non-hydrogen) atoms. The smallest absolute Gasteiger partial charge is 0.305 e. The second-order valence-electron chi connectivity index (χ2n) is 8.48. The molecule has 0 saturated heterocycles. The summed E-state index contributed by atoms with van der Waals surface area (Å²) in [4.78, 5) is 13.6. The van der Waals surface area contributed by atoms with Gasteiger partial charge >= 0.3 is 5.97 Å². The molecule has 0 spiro atoms. The number of carbonyl (C=O) groups excluding carboxylic acids is 1. The number of methoxy groups -OCH3 is 1. The number of anilines is 1. The molecule has 2 aromatic carbocycles. The highest BCUT2D eigenvalue weighted by Crippen LogP contribution is 2.23. The molecule has 0 atom stereocenters. The monoisotopic (exact) mass is 503 g/mol. The first-order valence-corrected chi connectivity index (χ1v) is 13.7. The van der Waals surface area contributed by atoms with Crippen molar-refractivity contribution in [2.75, 3.05) is 38.0 Å². The van der Waals surface area contributed by atoms with E-state index in [9.17, 15) is 13.2 Å². The number of esters is 1. The summed E-state index contributed by atoms with van der Waals surface area (Å²) in [5.74, 6) is -0.0570. The Morgan fingerprint density at radius 1 is 0.857 bits per heavy atom. The van der Waals surface area contributed by atoms with Gasteiger partial charge in [0.15, 0.2) is 9.84 Å². The molecule has 0 aliphatic rings. The summed E-state index contributed by atoms with van der Waals surface area (Å²) in [6.07, 6.45) is 6.17. The molecule has 0 aliphatic carbocycles. The third-order valence-electron chi connectivity index (χ3n) is 5.69. The Hall–Kier alpha value is -2.78. The number of ether oxygens (including phenoxy) is 1. The highest BCUT2D eigenvalue weighted by atomic mass is 32.2. The standard InChI is InChI=1S/C26H37N3O5S/c1-29(19-7-5-6-10-26(31)34-2)24-15-11-22(12-16-24)27-28-23-13-17-25(18-14-23)35(32,33)21-9-4-3-8-20-30/h11-18,30H,3-10,19-21H2,1-2H3. The quantitative estimate of drug-likeness (QED) is 0.181. The Morgan fingerprint density at radius 3 is 2.03 bits per heavy atom. The highest BCUT2D eigenvalue weighted by Gasteiger charge is 2.13. The Morgan fingerprint density at radius 2 is 1.43 bits per heavy atom. The lowest BCUT2D eigenvalue weighted by atomic mass is 10.2. The van der Waals surface area contributed by atoms with Crippen LogP contribution in [0.5, 0.6) is 0 Å². The number of rotatable bonds is 16. The Bertz CT molecular complexity index is 1020. The van der Waals surface area contributed by atoms with Gasteiger partial charge in [0.05, 0.1) is 29.1 Å². The maximum Gasteiger partial charge on any atom is 0.305 e. The van der Waals surface area contributed by atoms with Crippen molar-refractivity contribution in [1.29, 1.82) is 0 Å². The van der Waals surface area contributed by atoms with E-state index in [-0.39, 0.29) is 23.2 Å². The van der Waals surface area contributed by atoms with Gasteiger partial charge in [-0.3, -0.25) is 4.79 Å². The molecule has 0 fully saturated rings. The fourth-order valence-corrected chi connectivity index (χ4v) is 4.88. The van der Waals surface area contributed by atoms with Crippen molar-refractivity contribution in [3.05, 3.63) is 48.5 Å². The van der Waals surface area contributed by atoms with Gasteiger partial charge in [0.1, 0.15) is 0 Å². The molecule has 0 aliphatic heterocycles. The summed E-state index contributed by atoms with van der Waals surface area (Å²) in [6, 6.07) is 14.2. The van der Waals surface area contributed by atoms with Crippen LogP contribution in [0, 0.1) is 0 Å². The van der Waals surface area contributed by atoms with E-state index in [1.807, 2.05) is 31.3 Å². The van der Waals surface area contributed by atoms with Gasteiger partial charge in [-0.2, -0.15) is 10.2 Å². The fourth-order valence-electron chi connectivity index (χ4n) is 3.51. The summed E-state index contributed by atoms with van der Waals surface area (Å²) in [6.45, 7) is 1.03. The van der Waals surface area contributed by atoms with Gasteiger partial charge in [-0.15, -0.1) is 0 Å². The molecular formula is C26H37N3O5S. The minimum atomic E-state index is -3.32. The Labute approximate surface area is 208 Å². The van der Waals surface area contributed by atoms with Gasteiger partial charge in [-0.1, -0.05) is 19.3 Å². The van der Waals surface area contributed by atoms with Crippen LogP contribution in [-0.4, -0.2) is 52.6 Å². The Kier molecular flexibility index (Phi) is 12.4. The first-order chi connectivity index (χ1) is 16.9. The molecule has 9 heteroatoms. The van der Waals surface area contributed by atoms with Gasteiger partial charge in [0.25, 0.3) is 0 Å². The predicted molar refractivity (Wildman–Crippen MR) is 138 cm³/mol. The van der Waals surface area contributed by atoms with E-state index in [1.165, 1.54) is 7.11 Å². The number of hydrogen-bond donors (Lipinski definition) is 1. The van der Waals surface area contributed by atoms with Crippen LogP contribution in [0.1, 0.15) is 51.4 Å². The molecule has 0 bridgehead atoms. The van der Waals surface area contributed by atoms with Gasteiger partial charge < -0.3 is 14.7 Å². The largest absolute Gasteiger partial charge is 0.469 e. The zero-order valence-electron chi connectivity index (χ0n) is 20.7. The van der Waals surface area contributed by atoms with E-state index in [2.05, 4.69) is 19.9 Å². The summed E-state index contributed by atoms with van der Waals surface area (Å²) in [5.41, 5.74) is 2.36. The van der Waals surface area contributed by atoms with Gasteiger partial charge in [0, 0.05) is 32.3 Å². The number of benzene rings is 2. The summed E-state index contributed by atoms with van der Waals surface area (Å²) in [5, 5.41) is 17.3. The van der Waals surface area contributed by atoms with Gasteiger partial charge in [-0.25, -0.2) is 8.42 Å². The summed E-state index contributed by atoms with van der Waals surface area (Å²) >= 11 is 0. The summed E-state index contributed by atoms with van der Waals surface area (Å²) in [7, 11) is 0.120. The normalized spacial score (nSPS) is 11.6. The number of aliphatic hydroxyl groups is 1. The molecule has 2 rings (SSSR count). The number of sulfone groups is 1. The second kappa shape index (κ2) is 15.3.